The summed E-state index contributed by atoms with van der Waals surface area (Å²) in [5, 5.41) is 3.31. The molecule has 0 unspecified atom stereocenters. The average Bonchev–Trinajstić information content (AvgIpc) is 2.33. The third kappa shape index (κ3) is 2.68. The summed E-state index contributed by atoms with van der Waals surface area (Å²) >= 11 is 5.80. The molecular formula is C12H14ClN5. The van der Waals surface area contributed by atoms with Crippen LogP contribution in [-0.2, 0) is 6.54 Å². The normalized spacial score (nSPS) is 10.4. The van der Waals surface area contributed by atoms with Gasteiger partial charge in [0.05, 0.1) is 23.6 Å². The van der Waals surface area contributed by atoms with E-state index in [1.807, 2.05) is 19.1 Å². The molecule has 0 aliphatic rings. The number of rotatable bonds is 3. The van der Waals surface area contributed by atoms with Crippen molar-refractivity contribution in [2.24, 2.45) is 0 Å². The molecule has 0 saturated carbocycles. The van der Waals surface area contributed by atoms with Crippen molar-refractivity contribution in [3.05, 3.63) is 40.6 Å². The first-order valence-corrected chi connectivity index (χ1v) is 5.89. The van der Waals surface area contributed by atoms with Gasteiger partial charge in [-0.2, -0.15) is 4.98 Å². The first-order valence-electron chi connectivity index (χ1n) is 5.52. The molecule has 2 aromatic heterocycles. The zero-order valence-corrected chi connectivity index (χ0v) is 11.0. The molecule has 3 N–H and O–H groups in total. The van der Waals surface area contributed by atoms with Gasteiger partial charge in [-0.15, -0.1) is 0 Å². The molecule has 0 saturated heterocycles. The van der Waals surface area contributed by atoms with Crippen LogP contribution in [0.15, 0.2) is 18.3 Å². The summed E-state index contributed by atoms with van der Waals surface area (Å²) in [7, 11) is 0. The summed E-state index contributed by atoms with van der Waals surface area (Å²) < 4.78 is 0. The molecule has 2 heterocycles. The standard InChI is InChI=1S/C12H14ClN5/c1-7-4-3-5-15-9(7)6-16-11-10(14)8(2)17-12(13)18-11/h3-5H,6,14H2,1-2H3,(H,16,17,18). The third-order valence-corrected chi connectivity index (χ3v) is 2.82. The van der Waals surface area contributed by atoms with E-state index >= 15 is 0 Å². The SMILES string of the molecule is Cc1cccnc1CNc1nc(Cl)nc(C)c1N. The predicted octanol–water partition coefficient (Wildman–Crippen LogP) is 2.34. The van der Waals surface area contributed by atoms with Gasteiger partial charge >= 0.3 is 0 Å². The van der Waals surface area contributed by atoms with E-state index in [2.05, 4.69) is 20.3 Å². The van der Waals surface area contributed by atoms with Crippen molar-refractivity contribution in [1.29, 1.82) is 0 Å². The van der Waals surface area contributed by atoms with E-state index in [9.17, 15) is 0 Å². The maximum Gasteiger partial charge on any atom is 0.224 e. The van der Waals surface area contributed by atoms with Gasteiger partial charge in [-0.05, 0) is 37.1 Å². The number of aromatic nitrogens is 3. The van der Waals surface area contributed by atoms with Crippen molar-refractivity contribution in [1.82, 2.24) is 15.0 Å². The van der Waals surface area contributed by atoms with E-state index in [1.165, 1.54) is 0 Å². The maximum atomic E-state index is 5.89. The fraction of sp³-hybridized carbons (Fsp3) is 0.250. The molecule has 0 amide bonds. The summed E-state index contributed by atoms with van der Waals surface area (Å²) in [6.45, 7) is 4.34. The fourth-order valence-electron chi connectivity index (χ4n) is 1.55. The number of aryl methyl sites for hydroxylation is 2. The molecule has 94 valence electrons. The molecule has 5 nitrogen and oxygen atoms in total. The highest BCUT2D eigenvalue weighted by Gasteiger charge is 2.08. The lowest BCUT2D eigenvalue weighted by molar-refractivity contribution is 0.995. The van der Waals surface area contributed by atoms with Crippen molar-refractivity contribution < 1.29 is 0 Å². The number of nitrogen functional groups attached to an aromatic ring is 1. The monoisotopic (exact) mass is 263 g/mol. The molecule has 0 radical (unpaired) electrons. The van der Waals surface area contributed by atoms with Crippen molar-refractivity contribution in [2.45, 2.75) is 20.4 Å². The van der Waals surface area contributed by atoms with Gasteiger partial charge in [-0.25, -0.2) is 4.98 Å². The molecule has 0 atom stereocenters. The minimum atomic E-state index is 0.182. The van der Waals surface area contributed by atoms with E-state index in [0.717, 1.165) is 11.3 Å². The van der Waals surface area contributed by atoms with E-state index in [-0.39, 0.29) is 5.28 Å². The van der Waals surface area contributed by atoms with Crippen molar-refractivity contribution >= 4 is 23.1 Å². The third-order valence-electron chi connectivity index (χ3n) is 2.65. The van der Waals surface area contributed by atoms with E-state index in [1.54, 1.807) is 13.1 Å². The van der Waals surface area contributed by atoms with Crippen LogP contribution in [0, 0.1) is 13.8 Å². The minimum Gasteiger partial charge on any atom is -0.394 e. The Morgan fingerprint density at radius 3 is 2.83 bits per heavy atom. The maximum absolute atomic E-state index is 5.89. The predicted molar refractivity (Wildman–Crippen MR) is 72.5 cm³/mol. The summed E-state index contributed by atoms with van der Waals surface area (Å²) in [5.74, 6) is 0.539. The topological polar surface area (TPSA) is 76.7 Å². The van der Waals surface area contributed by atoms with Gasteiger partial charge in [0.1, 0.15) is 0 Å². The Balaban J connectivity index is 2.18. The van der Waals surface area contributed by atoms with Gasteiger partial charge in [0.15, 0.2) is 5.82 Å². The zero-order valence-electron chi connectivity index (χ0n) is 10.2. The number of pyridine rings is 1. The second-order valence-corrected chi connectivity index (χ2v) is 4.30. The molecule has 6 heteroatoms. The Hall–Kier alpha value is -1.88. The van der Waals surface area contributed by atoms with Gasteiger partial charge in [-0.1, -0.05) is 6.07 Å². The zero-order chi connectivity index (χ0) is 13.1. The van der Waals surface area contributed by atoms with Gasteiger partial charge in [0, 0.05) is 6.20 Å². The average molecular weight is 264 g/mol. The van der Waals surface area contributed by atoms with Crippen LogP contribution in [0.3, 0.4) is 0 Å². The minimum absolute atomic E-state index is 0.182. The van der Waals surface area contributed by atoms with E-state index in [4.69, 9.17) is 17.3 Å². The molecule has 2 aromatic rings. The summed E-state index contributed by atoms with van der Waals surface area (Å²) in [4.78, 5) is 12.3. The first kappa shape index (κ1) is 12.6. The molecule has 0 aromatic carbocycles. The van der Waals surface area contributed by atoms with E-state index in [0.29, 0.717) is 23.7 Å². The summed E-state index contributed by atoms with van der Waals surface area (Å²) in [6.07, 6.45) is 1.76. The van der Waals surface area contributed by atoms with Crippen molar-refractivity contribution in [2.75, 3.05) is 11.1 Å². The van der Waals surface area contributed by atoms with Crippen LogP contribution in [0.2, 0.25) is 5.28 Å². The van der Waals surface area contributed by atoms with Crippen LogP contribution in [0.1, 0.15) is 17.0 Å². The quantitative estimate of drug-likeness (QED) is 0.831. The van der Waals surface area contributed by atoms with Crippen LogP contribution in [0.5, 0.6) is 0 Å². The molecule has 0 spiro atoms. The second-order valence-electron chi connectivity index (χ2n) is 3.96. The molecular weight excluding hydrogens is 250 g/mol. The van der Waals surface area contributed by atoms with Crippen LogP contribution in [0.25, 0.3) is 0 Å². The number of nitrogens with zero attached hydrogens (tertiary/aromatic N) is 3. The Kier molecular flexibility index (Phi) is 3.62. The molecule has 0 aliphatic heterocycles. The molecule has 2 rings (SSSR count). The van der Waals surface area contributed by atoms with Crippen molar-refractivity contribution in [3.63, 3.8) is 0 Å². The lowest BCUT2D eigenvalue weighted by Gasteiger charge is -2.10. The Labute approximate surface area is 110 Å². The lowest BCUT2D eigenvalue weighted by atomic mass is 10.2. The van der Waals surface area contributed by atoms with Crippen LogP contribution < -0.4 is 11.1 Å². The highest BCUT2D eigenvalue weighted by atomic mass is 35.5. The number of hydrogen-bond acceptors (Lipinski definition) is 5. The van der Waals surface area contributed by atoms with Gasteiger partial charge in [-0.3, -0.25) is 4.98 Å². The second kappa shape index (κ2) is 5.18. The van der Waals surface area contributed by atoms with Gasteiger partial charge < -0.3 is 11.1 Å². The van der Waals surface area contributed by atoms with Crippen LogP contribution in [-0.4, -0.2) is 15.0 Å². The largest absolute Gasteiger partial charge is 0.394 e. The number of hydrogen-bond donors (Lipinski definition) is 2. The number of nitrogens with two attached hydrogens (primary N) is 1. The Morgan fingerprint density at radius 1 is 1.33 bits per heavy atom. The highest BCUT2D eigenvalue weighted by Crippen LogP contribution is 2.21. The van der Waals surface area contributed by atoms with E-state index < -0.39 is 0 Å². The van der Waals surface area contributed by atoms with Gasteiger partial charge in [0.25, 0.3) is 0 Å². The Morgan fingerprint density at radius 2 is 2.11 bits per heavy atom. The van der Waals surface area contributed by atoms with Crippen molar-refractivity contribution in [3.8, 4) is 0 Å². The fourth-order valence-corrected chi connectivity index (χ4v) is 1.76. The number of anilines is 2. The number of halogens is 1. The molecule has 0 fully saturated rings. The summed E-state index contributed by atoms with van der Waals surface area (Å²) in [6, 6.07) is 3.91. The van der Waals surface area contributed by atoms with Crippen LogP contribution in [0.4, 0.5) is 11.5 Å². The highest BCUT2D eigenvalue weighted by molar-refractivity contribution is 6.28. The molecule has 18 heavy (non-hydrogen) atoms. The lowest BCUT2D eigenvalue weighted by Crippen LogP contribution is -2.09. The first-order chi connectivity index (χ1) is 8.58. The number of nitrogens with one attached hydrogen (secondary N) is 1. The summed E-state index contributed by atoms with van der Waals surface area (Å²) in [5.41, 5.74) is 9.12. The molecule has 0 aliphatic carbocycles. The van der Waals surface area contributed by atoms with Crippen LogP contribution >= 0.6 is 11.6 Å². The Bertz CT molecular complexity index is 570. The molecule has 0 bridgehead atoms. The smallest absolute Gasteiger partial charge is 0.224 e. The van der Waals surface area contributed by atoms with Gasteiger partial charge in [0.2, 0.25) is 5.28 Å².